The van der Waals surface area contributed by atoms with Gasteiger partial charge in [-0.15, -0.1) is 6.58 Å². The quantitative estimate of drug-likeness (QED) is 0.772. The van der Waals surface area contributed by atoms with Gasteiger partial charge in [-0.3, -0.25) is 4.79 Å². The van der Waals surface area contributed by atoms with Gasteiger partial charge in [0.2, 0.25) is 0 Å². The molecule has 2 nitrogen and oxygen atoms in total. The van der Waals surface area contributed by atoms with Gasteiger partial charge in [0.1, 0.15) is 0 Å². The lowest BCUT2D eigenvalue weighted by Gasteiger charge is -2.16. The van der Waals surface area contributed by atoms with Crippen molar-refractivity contribution in [3.63, 3.8) is 0 Å². The Balaban J connectivity index is 3.01. The Hall–Kier alpha value is -1.09. The molecule has 15 heavy (non-hydrogen) atoms. The van der Waals surface area contributed by atoms with E-state index in [1.54, 1.807) is 18.0 Å². The number of hydrogen-bond donors (Lipinski definition) is 0. The first kappa shape index (κ1) is 12.0. The molecule has 1 amide bonds. The molecule has 0 heterocycles. The highest BCUT2D eigenvalue weighted by molar-refractivity contribution is 9.10. The fourth-order valence-corrected chi connectivity index (χ4v) is 1.73. The zero-order valence-corrected chi connectivity index (χ0v) is 10.5. The molecule has 0 unspecified atom stereocenters. The number of likely N-dealkylation sites (N-methyl/N-ethyl adjacent to an activating group) is 1. The summed E-state index contributed by atoms with van der Waals surface area (Å²) in [7, 11) is 1.76. The van der Waals surface area contributed by atoms with Crippen molar-refractivity contribution < 1.29 is 4.79 Å². The number of halogens is 1. The second kappa shape index (κ2) is 5.12. The Morgan fingerprint density at radius 3 is 2.87 bits per heavy atom. The predicted molar refractivity (Wildman–Crippen MR) is 66.0 cm³/mol. The molecule has 0 aliphatic carbocycles. The maximum absolute atomic E-state index is 12.0. The van der Waals surface area contributed by atoms with Gasteiger partial charge in [0.15, 0.2) is 0 Å². The Morgan fingerprint density at radius 2 is 2.27 bits per heavy atom. The van der Waals surface area contributed by atoms with Crippen molar-refractivity contribution in [1.82, 2.24) is 4.90 Å². The van der Waals surface area contributed by atoms with Crippen LogP contribution in [-0.2, 0) is 0 Å². The highest BCUT2D eigenvalue weighted by Crippen LogP contribution is 2.22. The Labute approximate surface area is 98.7 Å². The topological polar surface area (TPSA) is 20.3 Å². The van der Waals surface area contributed by atoms with E-state index in [1.807, 2.05) is 25.1 Å². The van der Waals surface area contributed by atoms with Crippen LogP contribution < -0.4 is 0 Å². The molecular formula is C12H14BrNO. The van der Waals surface area contributed by atoms with Gasteiger partial charge in [-0.1, -0.05) is 18.2 Å². The molecule has 0 fully saturated rings. The molecule has 1 aromatic carbocycles. The normalized spacial score (nSPS) is 9.80. The van der Waals surface area contributed by atoms with Crippen molar-refractivity contribution in [1.29, 1.82) is 0 Å². The molecule has 0 aliphatic heterocycles. The monoisotopic (exact) mass is 267 g/mol. The molecule has 0 bridgehead atoms. The Bertz CT molecular complexity index is 387. The van der Waals surface area contributed by atoms with E-state index in [4.69, 9.17) is 0 Å². The smallest absolute Gasteiger partial charge is 0.255 e. The van der Waals surface area contributed by atoms with Gasteiger partial charge in [-0.05, 0) is 34.5 Å². The maximum atomic E-state index is 12.0. The zero-order valence-electron chi connectivity index (χ0n) is 8.96. The highest BCUT2D eigenvalue weighted by atomic mass is 79.9. The van der Waals surface area contributed by atoms with E-state index in [-0.39, 0.29) is 5.91 Å². The van der Waals surface area contributed by atoms with Gasteiger partial charge < -0.3 is 4.90 Å². The van der Waals surface area contributed by atoms with Gasteiger partial charge in [0.25, 0.3) is 5.91 Å². The van der Waals surface area contributed by atoms with Gasteiger partial charge in [0, 0.05) is 18.1 Å². The molecule has 80 valence electrons. The fraction of sp³-hybridized carbons (Fsp3) is 0.250. The van der Waals surface area contributed by atoms with Crippen LogP contribution in [0.3, 0.4) is 0 Å². The Kier molecular flexibility index (Phi) is 4.09. The lowest BCUT2D eigenvalue weighted by atomic mass is 10.1. The highest BCUT2D eigenvalue weighted by Gasteiger charge is 2.14. The minimum absolute atomic E-state index is 0.00507. The van der Waals surface area contributed by atoms with Crippen LogP contribution in [0.1, 0.15) is 15.9 Å². The summed E-state index contributed by atoms with van der Waals surface area (Å²) in [4.78, 5) is 13.6. The summed E-state index contributed by atoms with van der Waals surface area (Å²) in [6.45, 7) is 6.13. The molecule has 3 heteroatoms. The summed E-state index contributed by atoms with van der Waals surface area (Å²) in [6.07, 6.45) is 1.71. The van der Waals surface area contributed by atoms with Crippen LogP contribution in [-0.4, -0.2) is 24.4 Å². The van der Waals surface area contributed by atoms with Gasteiger partial charge in [0.05, 0.1) is 5.56 Å². The third kappa shape index (κ3) is 2.69. The van der Waals surface area contributed by atoms with Crippen molar-refractivity contribution in [3.8, 4) is 0 Å². The van der Waals surface area contributed by atoms with Crippen molar-refractivity contribution in [3.05, 3.63) is 46.5 Å². The first-order chi connectivity index (χ1) is 7.07. The molecular weight excluding hydrogens is 254 g/mol. The van der Waals surface area contributed by atoms with Crippen molar-refractivity contribution in [2.24, 2.45) is 0 Å². The molecule has 1 aromatic rings. The van der Waals surface area contributed by atoms with Crippen molar-refractivity contribution in [2.75, 3.05) is 13.6 Å². The SMILES string of the molecule is C=CCN(C)C(=O)c1cccc(C)c1Br. The average molecular weight is 268 g/mol. The van der Waals surface area contributed by atoms with Crippen LogP contribution in [0.25, 0.3) is 0 Å². The Morgan fingerprint density at radius 1 is 1.60 bits per heavy atom. The number of carbonyl (C=O) groups is 1. The van der Waals surface area contributed by atoms with Gasteiger partial charge in [-0.2, -0.15) is 0 Å². The molecule has 0 aliphatic rings. The van der Waals surface area contributed by atoms with E-state index in [0.717, 1.165) is 10.0 Å². The molecule has 0 aromatic heterocycles. The minimum Gasteiger partial charge on any atom is -0.338 e. The molecule has 0 spiro atoms. The van der Waals surface area contributed by atoms with Crippen LogP contribution in [0.4, 0.5) is 0 Å². The molecule has 0 saturated carbocycles. The third-order valence-electron chi connectivity index (χ3n) is 2.17. The largest absolute Gasteiger partial charge is 0.338 e. The van der Waals surface area contributed by atoms with E-state index in [9.17, 15) is 4.79 Å². The van der Waals surface area contributed by atoms with E-state index in [1.165, 1.54) is 0 Å². The van der Waals surface area contributed by atoms with Crippen molar-refractivity contribution in [2.45, 2.75) is 6.92 Å². The standard InChI is InChI=1S/C12H14BrNO/c1-4-8-14(3)12(15)10-7-5-6-9(2)11(10)13/h4-7H,1,8H2,2-3H3. The van der Waals surface area contributed by atoms with Gasteiger partial charge >= 0.3 is 0 Å². The average Bonchev–Trinajstić information content (AvgIpc) is 2.21. The first-order valence-electron chi connectivity index (χ1n) is 4.69. The molecule has 0 saturated heterocycles. The molecule has 0 atom stereocenters. The second-order valence-electron chi connectivity index (χ2n) is 3.41. The van der Waals surface area contributed by atoms with Crippen LogP contribution in [0.5, 0.6) is 0 Å². The molecule has 0 N–H and O–H groups in total. The van der Waals surface area contributed by atoms with E-state index < -0.39 is 0 Å². The van der Waals surface area contributed by atoms with E-state index in [0.29, 0.717) is 12.1 Å². The zero-order chi connectivity index (χ0) is 11.4. The fourth-order valence-electron chi connectivity index (χ4n) is 1.29. The van der Waals surface area contributed by atoms with Crippen molar-refractivity contribution >= 4 is 21.8 Å². The summed E-state index contributed by atoms with van der Waals surface area (Å²) in [5.41, 5.74) is 1.76. The number of aryl methyl sites for hydroxylation is 1. The van der Waals surface area contributed by atoms with Crippen LogP contribution in [0.15, 0.2) is 35.3 Å². The van der Waals surface area contributed by atoms with Crippen LogP contribution in [0, 0.1) is 6.92 Å². The first-order valence-corrected chi connectivity index (χ1v) is 5.48. The lowest BCUT2D eigenvalue weighted by Crippen LogP contribution is -2.27. The van der Waals surface area contributed by atoms with Crippen LogP contribution >= 0.6 is 15.9 Å². The lowest BCUT2D eigenvalue weighted by molar-refractivity contribution is 0.0809. The number of carbonyl (C=O) groups excluding carboxylic acids is 1. The maximum Gasteiger partial charge on any atom is 0.255 e. The van der Waals surface area contributed by atoms with Gasteiger partial charge in [-0.25, -0.2) is 0 Å². The second-order valence-corrected chi connectivity index (χ2v) is 4.20. The number of rotatable bonds is 3. The minimum atomic E-state index is 0.00507. The van der Waals surface area contributed by atoms with E-state index >= 15 is 0 Å². The number of hydrogen-bond acceptors (Lipinski definition) is 1. The molecule has 1 rings (SSSR count). The number of benzene rings is 1. The van der Waals surface area contributed by atoms with Crippen LogP contribution in [0.2, 0.25) is 0 Å². The molecule has 0 radical (unpaired) electrons. The summed E-state index contributed by atoms with van der Waals surface area (Å²) >= 11 is 3.43. The summed E-state index contributed by atoms with van der Waals surface area (Å²) in [6, 6.07) is 5.67. The summed E-state index contributed by atoms with van der Waals surface area (Å²) < 4.78 is 0.867. The summed E-state index contributed by atoms with van der Waals surface area (Å²) in [5, 5.41) is 0. The number of nitrogens with zero attached hydrogens (tertiary/aromatic N) is 1. The summed E-state index contributed by atoms with van der Waals surface area (Å²) in [5.74, 6) is 0.00507. The number of amides is 1. The third-order valence-corrected chi connectivity index (χ3v) is 3.22. The predicted octanol–water partition coefficient (Wildman–Crippen LogP) is 3.02. The van der Waals surface area contributed by atoms with E-state index in [2.05, 4.69) is 22.5 Å².